The smallest absolute Gasteiger partial charge is 0.407 e. The summed E-state index contributed by atoms with van der Waals surface area (Å²) < 4.78 is 17.8. The second-order valence-corrected chi connectivity index (χ2v) is 2.81. The summed E-state index contributed by atoms with van der Waals surface area (Å²) in [6.07, 6.45) is -0.558. The number of halogens is 1. The Morgan fingerprint density at radius 3 is 2.71 bits per heavy atom. The fourth-order valence-corrected chi connectivity index (χ4v) is 0.829. The van der Waals surface area contributed by atoms with Crippen LogP contribution in [0.1, 0.15) is 6.92 Å². The Morgan fingerprint density at radius 1 is 1.50 bits per heavy atom. The quantitative estimate of drug-likeness (QED) is 0.727. The third-order valence-corrected chi connectivity index (χ3v) is 1.82. The summed E-state index contributed by atoms with van der Waals surface area (Å²) in [4.78, 5) is 12.6. The van der Waals surface area contributed by atoms with Crippen LogP contribution in [0.15, 0.2) is 24.3 Å². The lowest BCUT2D eigenvalue weighted by molar-refractivity contribution is 0.163. The van der Waals surface area contributed by atoms with E-state index in [0.717, 1.165) is 0 Å². The molecule has 1 aromatic carbocycles. The van der Waals surface area contributed by atoms with E-state index in [2.05, 4.69) is 0 Å². The second-order valence-electron chi connectivity index (χ2n) is 2.81. The predicted molar refractivity (Wildman–Crippen MR) is 50.7 cm³/mol. The summed E-state index contributed by atoms with van der Waals surface area (Å²) in [6, 6.07) is 5.80. The Morgan fingerprint density at radius 2 is 2.14 bits per heavy atom. The molecular weight excluding hydrogens is 185 g/mol. The zero-order valence-electron chi connectivity index (χ0n) is 8.16. The number of carbonyl (C=O) groups excluding carboxylic acids is 1. The van der Waals surface area contributed by atoms with E-state index >= 15 is 0 Å². The van der Waals surface area contributed by atoms with Crippen LogP contribution in [-0.4, -0.2) is 24.6 Å². The summed E-state index contributed by atoms with van der Waals surface area (Å²) >= 11 is 0. The van der Waals surface area contributed by atoms with Crippen molar-refractivity contribution in [3.63, 3.8) is 0 Å². The van der Waals surface area contributed by atoms with Crippen LogP contribution in [0.3, 0.4) is 0 Å². The fourth-order valence-electron chi connectivity index (χ4n) is 0.829. The molecule has 0 atom stereocenters. The predicted octanol–water partition coefficient (Wildman–Crippen LogP) is 2.28. The summed E-state index contributed by atoms with van der Waals surface area (Å²) in [7, 11) is 1.59. The van der Waals surface area contributed by atoms with Gasteiger partial charge in [0.1, 0.15) is 0 Å². The molecular formula is C10H12FNO2. The van der Waals surface area contributed by atoms with Crippen LogP contribution in [0.5, 0.6) is 5.75 Å². The van der Waals surface area contributed by atoms with Crippen molar-refractivity contribution in [1.82, 2.24) is 4.90 Å². The molecule has 0 aromatic heterocycles. The number of para-hydroxylation sites is 1. The number of benzene rings is 1. The number of rotatable bonds is 2. The van der Waals surface area contributed by atoms with E-state index in [0.29, 0.717) is 6.54 Å². The third-order valence-electron chi connectivity index (χ3n) is 1.82. The molecule has 0 unspecified atom stereocenters. The maximum absolute atomic E-state index is 13.0. The van der Waals surface area contributed by atoms with E-state index in [1.165, 1.54) is 23.1 Å². The largest absolute Gasteiger partial charge is 0.415 e. The molecule has 0 radical (unpaired) electrons. The molecule has 0 saturated carbocycles. The summed E-state index contributed by atoms with van der Waals surface area (Å²) in [5.41, 5.74) is 0. The van der Waals surface area contributed by atoms with Gasteiger partial charge in [-0.2, -0.15) is 0 Å². The molecule has 1 amide bonds. The van der Waals surface area contributed by atoms with Gasteiger partial charge in [0.05, 0.1) is 0 Å². The normalized spacial score (nSPS) is 9.64. The van der Waals surface area contributed by atoms with Crippen molar-refractivity contribution in [2.45, 2.75) is 6.92 Å². The van der Waals surface area contributed by atoms with Gasteiger partial charge in [-0.25, -0.2) is 9.18 Å². The Balaban J connectivity index is 2.70. The van der Waals surface area contributed by atoms with Gasteiger partial charge < -0.3 is 9.64 Å². The second kappa shape index (κ2) is 4.60. The zero-order valence-corrected chi connectivity index (χ0v) is 8.16. The Labute approximate surface area is 82.1 Å². The van der Waals surface area contributed by atoms with Gasteiger partial charge in [-0.05, 0) is 19.1 Å². The minimum Gasteiger partial charge on any atom is -0.407 e. The average molecular weight is 197 g/mol. The van der Waals surface area contributed by atoms with Crippen molar-refractivity contribution in [2.75, 3.05) is 13.6 Å². The zero-order chi connectivity index (χ0) is 10.6. The molecule has 0 saturated heterocycles. The van der Waals surface area contributed by atoms with Gasteiger partial charge >= 0.3 is 6.09 Å². The van der Waals surface area contributed by atoms with Crippen LogP contribution < -0.4 is 4.74 Å². The van der Waals surface area contributed by atoms with E-state index < -0.39 is 11.9 Å². The maximum atomic E-state index is 13.0. The lowest BCUT2D eigenvalue weighted by Crippen LogP contribution is -2.29. The number of nitrogens with zero attached hydrogens (tertiary/aromatic N) is 1. The maximum Gasteiger partial charge on any atom is 0.415 e. The van der Waals surface area contributed by atoms with Crippen molar-refractivity contribution in [2.24, 2.45) is 0 Å². The van der Waals surface area contributed by atoms with Gasteiger partial charge in [0.2, 0.25) is 0 Å². The number of hydrogen-bond acceptors (Lipinski definition) is 2. The molecule has 0 heterocycles. The van der Waals surface area contributed by atoms with E-state index in [9.17, 15) is 9.18 Å². The number of carbonyl (C=O) groups is 1. The van der Waals surface area contributed by atoms with Crippen LogP contribution in [0, 0.1) is 5.82 Å². The molecule has 76 valence electrons. The Bertz CT molecular complexity index is 328. The summed E-state index contributed by atoms with van der Waals surface area (Å²) in [6.45, 7) is 2.33. The van der Waals surface area contributed by atoms with E-state index in [-0.39, 0.29) is 5.75 Å². The van der Waals surface area contributed by atoms with Crippen molar-refractivity contribution >= 4 is 6.09 Å². The van der Waals surface area contributed by atoms with Gasteiger partial charge in [0.25, 0.3) is 0 Å². The van der Waals surface area contributed by atoms with Crippen LogP contribution >= 0.6 is 0 Å². The van der Waals surface area contributed by atoms with Gasteiger partial charge in [-0.1, -0.05) is 12.1 Å². The van der Waals surface area contributed by atoms with Crippen molar-refractivity contribution in [3.05, 3.63) is 30.1 Å². The molecule has 3 nitrogen and oxygen atoms in total. The molecule has 0 fully saturated rings. The van der Waals surface area contributed by atoms with Gasteiger partial charge in [-0.3, -0.25) is 0 Å². The molecule has 4 heteroatoms. The number of hydrogen-bond donors (Lipinski definition) is 0. The standard InChI is InChI=1S/C10H12FNO2/c1-3-12(2)10(13)14-9-7-5-4-6-8(9)11/h4-7H,3H2,1-2H3. The lowest BCUT2D eigenvalue weighted by atomic mass is 10.3. The molecule has 0 N–H and O–H groups in total. The molecule has 0 aliphatic rings. The van der Waals surface area contributed by atoms with Crippen molar-refractivity contribution in [1.29, 1.82) is 0 Å². The van der Waals surface area contributed by atoms with E-state index in [1.54, 1.807) is 13.1 Å². The van der Waals surface area contributed by atoms with Gasteiger partial charge in [0, 0.05) is 13.6 Å². The summed E-state index contributed by atoms with van der Waals surface area (Å²) in [5, 5.41) is 0. The SMILES string of the molecule is CCN(C)C(=O)Oc1ccccc1F. The molecule has 1 rings (SSSR count). The van der Waals surface area contributed by atoms with Crippen molar-refractivity contribution in [3.8, 4) is 5.75 Å². The van der Waals surface area contributed by atoms with Crippen LogP contribution in [-0.2, 0) is 0 Å². The molecule has 1 aromatic rings. The highest BCUT2D eigenvalue weighted by molar-refractivity contribution is 5.70. The highest BCUT2D eigenvalue weighted by atomic mass is 19.1. The van der Waals surface area contributed by atoms with Gasteiger partial charge in [0.15, 0.2) is 11.6 Å². The first-order chi connectivity index (χ1) is 6.65. The lowest BCUT2D eigenvalue weighted by Gasteiger charge is -2.14. The van der Waals surface area contributed by atoms with E-state index in [1.807, 2.05) is 6.92 Å². The monoisotopic (exact) mass is 197 g/mol. The molecule has 0 spiro atoms. The third kappa shape index (κ3) is 2.45. The topological polar surface area (TPSA) is 29.5 Å². The average Bonchev–Trinajstić information content (AvgIpc) is 2.20. The highest BCUT2D eigenvalue weighted by Crippen LogP contribution is 2.15. The molecule has 0 bridgehead atoms. The fraction of sp³-hybridized carbons (Fsp3) is 0.300. The highest BCUT2D eigenvalue weighted by Gasteiger charge is 2.11. The van der Waals surface area contributed by atoms with Crippen LogP contribution in [0.2, 0.25) is 0 Å². The molecule has 14 heavy (non-hydrogen) atoms. The first-order valence-corrected chi connectivity index (χ1v) is 4.32. The molecule has 0 aliphatic heterocycles. The summed E-state index contributed by atoms with van der Waals surface area (Å²) in [5.74, 6) is -0.580. The minimum absolute atomic E-state index is 0.0437. The van der Waals surface area contributed by atoms with Gasteiger partial charge in [-0.15, -0.1) is 0 Å². The number of ether oxygens (including phenoxy) is 1. The molecule has 0 aliphatic carbocycles. The Kier molecular flexibility index (Phi) is 3.45. The number of amides is 1. The first kappa shape index (κ1) is 10.5. The first-order valence-electron chi connectivity index (χ1n) is 4.32. The van der Waals surface area contributed by atoms with Crippen LogP contribution in [0.4, 0.5) is 9.18 Å². The minimum atomic E-state index is -0.558. The Hall–Kier alpha value is -1.58. The van der Waals surface area contributed by atoms with E-state index in [4.69, 9.17) is 4.74 Å². The van der Waals surface area contributed by atoms with Crippen molar-refractivity contribution < 1.29 is 13.9 Å². The van der Waals surface area contributed by atoms with Crippen LogP contribution in [0.25, 0.3) is 0 Å².